The molecule has 1 fully saturated rings. The molecule has 0 radical (unpaired) electrons. The summed E-state index contributed by atoms with van der Waals surface area (Å²) < 4.78 is 1.85. The molecule has 0 aliphatic heterocycles. The molecular formula is C15H20N4. The summed E-state index contributed by atoms with van der Waals surface area (Å²) >= 11 is 0. The van der Waals surface area contributed by atoms with E-state index in [1.807, 2.05) is 4.68 Å². The van der Waals surface area contributed by atoms with E-state index in [9.17, 15) is 0 Å². The number of rotatable bonds is 4. The van der Waals surface area contributed by atoms with Gasteiger partial charge in [-0.15, -0.1) is 0 Å². The van der Waals surface area contributed by atoms with Gasteiger partial charge in [-0.3, -0.25) is 0 Å². The van der Waals surface area contributed by atoms with Crippen LogP contribution in [0.1, 0.15) is 37.7 Å². The molecule has 1 heterocycles. The fraction of sp³-hybridized carbons (Fsp3) is 0.467. The van der Waals surface area contributed by atoms with Crippen molar-refractivity contribution in [2.24, 2.45) is 0 Å². The molecule has 4 nitrogen and oxygen atoms in total. The number of aromatic nitrogens is 3. The molecular weight excluding hydrogens is 236 g/mol. The van der Waals surface area contributed by atoms with Gasteiger partial charge in [-0.1, -0.05) is 31.4 Å². The van der Waals surface area contributed by atoms with Crippen molar-refractivity contribution in [3.63, 3.8) is 0 Å². The van der Waals surface area contributed by atoms with Crippen LogP contribution in [0.3, 0.4) is 0 Å². The Hall–Kier alpha value is -1.84. The molecule has 1 N–H and O–H groups in total. The Morgan fingerprint density at radius 1 is 1.21 bits per heavy atom. The lowest BCUT2D eigenvalue weighted by atomic mass is 9.95. The second-order valence-electron chi connectivity index (χ2n) is 5.27. The number of benzene rings is 1. The Bertz CT molecular complexity index is 501. The Balaban J connectivity index is 1.65. The van der Waals surface area contributed by atoms with Crippen molar-refractivity contribution < 1.29 is 0 Å². The van der Waals surface area contributed by atoms with Crippen molar-refractivity contribution in [2.75, 3.05) is 5.32 Å². The van der Waals surface area contributed by atoms with Crippen LogP contribution in [0.5, 0.6) is 0 Å². The highest BCUT2D eigenvalue weighted by Crippen LogP contribution is 2.22. The second kappa shape index (κ2) is 5.87. The van der Waals surface area contributed by atoms with Crippen molar-refractivity contribution in [2.45, 2.75) is 44.7 Å². The molecule has 1 aromatic carbocycles. The molecule has 0 atom stereocenters. The maximum Gasteiger partial charge on any atom is 0.137 e. The first-order valence-electron chi connectivity index (χ1n) is 7.08. The van der Waals surface area contributed by atoms with E-state index in [-0.39, 0.29) is 0 Å². The monoisotopic (exact) mass is 256 g/mol. The van der Waals surface area contributed by atoms with Gasteiger partial charge in [0.25, 0.3) is 0 Å². The highest BCUT2D eigenvalue weighted by atomic mass is 15.3. The summed E-state index contributed by atoms with van der Waals surface area (Å²) in [5.41, 5.74) is 2.48. The summed E-state index contributed by atoms with van der Waals surface area (Å²) in [6.07, 6.45) is 10.0. The van der Waals surface area contributed by atoms with Gasteiger partial charge in [-0.2, -0.15) is 5.10 Å². The van der Waals surface area contributed by atoms with Crippen LogP contribution >= 0.6 is 0 Å². The first-order valence-corrected chi connectivity index (χ1v) is 7.08. The van der Waals surface area contributed by atoms with Crippen LogP contribution in [0.15, 0.2) is 36.9 Å². The summed E-state index contributed by atoms with van der Waals surface area (Å²) in [6.45, 7) is 0.778. The molecule has 0 unspecified atom stereocenters. The predicted molar refractivity (Wildman–Crippen MR) is 76.1 cm³/mol. The number of nitrogens with one attached hydrogen (secondary N) is 1. The molecule has 1 aliphatic rings. The summed E-state index contributed by atoms with van der Waals surface area (Å²) in [5.74, 6) is 0. The Morgan fingerprint density at radius 2 is 2.11 bits per heavy atom. The van der Waals surface area contributed by atoms with E-state index >= 15 is 0 Å². The van der Waals surface area contributed by atoms with Gasteiger partial charge in [0.05, 0.1) is 6.54 Å². The van der Waals surface area contributed by atoms with Crippen LogP contribution in [0.2, 0.25) is 0 Å². The zero-order valence-corrected chi connectivity index (χ0v) is 11.1. The van der Waals surface area contributed by atoms with Gasteiger partial charge >= 0.3 is 0 Å². The standard InChI is InChI=1S/C15H20N4/c1-2-6-14(7-3-1)18-15-8-4-5-13(9-15)10-19-12-16-11-17-19/h4-5,8-9,11-12,14,18H,1-3,6-7,10H2. The van der Waals surface area contributed by atoms with E-state index in [1.54, 1.807) is 12.7 Å². The molecule has 1 saturated carbocycles. The number of nitrogens with zero attached hydrogens (tertiary/aromatic N) is 3. The minimum absolute atomic E-state index is 0.648. The third-order valence-electron chi connectivity index (χ3n) is 3.71. The fourth-order valence-electron chi connectivity index (χ4n) is 2.74. The molecule has 0 amide bonds. The first kappa shape index (κ1) is 12.2. The third kappa shape index (κ3) is 3.34. The quantitative estimate of drug-likeness (QED) is 0.914. The second-order valence-corrected chi connectivity index (χ2v) is 5.27. The van der Waals surface area contributed by atoms with Gasteiger partial charge in [0.1, 0.15) is 12.7 Å². The van der Waals surface area contributed by atoms with E-state index in [2.05, 4.69) is 39.7 Å². The van der Waals surface area contributed by atoms with Crippen LogP contribution in [-0.4, -0.2) is 20.8 Å². The lowest BCUT2D eigenvalue weighted by molar-refractivity contribution is 0.462. The normalized spacial score (nSPS) is 16.4. The summed E-state index contributed by atoms with van der Waals surface area (Å²) in [4.78, 5) is 3.97. The molecule has 0 bridgehead atoms. The highest BCUT2D eigenvalue weighted by molar-refractivity contribution is 5.46. The Morgan fingerprint density at radius 3 is 2.89 bits per heavy atom. The van der Waals surface area contributed by atoms with Gasteiger partial charge in [0, 0.05) is 11.7 Å². The van der Waals surface area contributed by atoms with Gasteiger partial charge in [-0.25, -0.2) is 9.67 Å². The SMILES string of the molecule is c1cc(Cn2cncn2)cc(NC2CCCCC2)c1. The largest absolute Gasteiger partial charge is 0.382 e. The van der Waals surface area contributed by atoms with Crippen molar-refractivity contribution in [1.82, 2.24) is 14.8 Å². The van der Waals surface area contributed by atoms with Crippen LogP contribution in [0.25, 0.3) is 0 Å². The lowest BCUT2D eigenvalue weighted by Gasteiger charge is -2.24. The highest BCUT2D eigenvalue weighted by Gasteiger charge is 2.12. The van der Waals surface area contributed by atoms with Gasteiger partial charge in [0.15, 0.2) is 0 Å². The van der Waals surface area contributed by atoms with E-state index < -0.39 is 0 Å². The van der Waals surface area contributed by atoms with Crippen LogP contribution < -0.4 is 5.32 Å². The van der Waals surface area contributed by atoms with Crippen LogP contribution in [0.4, 0.5) is 5.69 Å². The topological polar surface area (TPSA) is 42.7 Å². The minimum Gasteiger partial charge on any atom is -0.382 e. The van der Waals surface area contributed by atoms with E-state index in [0.717, 1.165) is 6.54 Å². The van der Waals surface area contributed by atoms with E-state index in [0.29, 0.717) is 6.04 Å². The van der Waals surface area contributed by atoms with Crippen LogP contribution in [-0.2, 0) is 6.54 Å². The number of anilines is 1. The molecule has 0 spiro atoms. The molecule has 4 heteroatoms. The zero-order valence-electron chi connectivity index (χ0n) is 11.1. The summed E-state index contributed by atoms with van der Waals surface area (Å²) in [7, 11) is 0. The molecule has 0 saturated heterocycles. The van der Waals surface area contributed by atoms with Crippen molar-refractivity contribution in [3.05, 3.63) is 42.5 Å². The molecule has 3 rings (SSSR count). The molecule has 19 heavy (non-hydrogen) atoms. The van der Waals surface area contributed by atoms with Gasteiger partial charge in [-0.05, 0) is 30.5 Å². The summed E-state index contributed by atoms with van der Waals surface area (Å²) in [6, 6.07) is 9.26. The van der Waals surface area contributed by atoms with Crippen molar-refractivity contribution >= 4 is 5.69 Å². The van der Waals surface area contributed by atoms with E-state index in [4.69, 9.17) is 0 Å². The third-order valence-corrected chi connectivity index (χ3v) is 3.71. The minimum atomic E-state index is 0.648. The molecule has 2 aromatic rings. The number of hydrogen-bond donors (Lipinski definition) is 1. The zero-order chi connectivity index (χ0) is 12.9. The summed E-state index contributed by atoms with van der Waals surface area (Å²) in [5, 5.41) is 7.80. The predicted octanol–water partition coefficient (Wildman–Crippen LogP) is 3.07. The fourth-order valence-corrected chi connectivity index (χ4v) is 2.74. The van der Waals surface area contributed by atoms with Crippen LogP contribution in [0, 0.1) is 0 Å². The van der Waals surface area contributed by atoms with Gasteiger partial charge < -0.3 is 5.32 Å². The Kier molecular flexibility index (Phi) is 3.77. The molecule has 1 aromatic heterocycles. The van der Waals surface area contributed by atoms with Crippen molar-refractivity contribution in [1.29, 1.82) is 0 Å². The molecule has 100 valence electrons. The lowest BCUT2D eigenvalue weighted by Crippen LogP contribution is -2.22. The van der Waals surface area contributed by atoms with Crippen molar-refractivity contribution in [3.8, 4) is 0 Å². The molecule has 1 aliphatic carbocycles. The Labute approximate surface area is 113 Å². The first-order chi connectivity index (χ1) is 9.40. The van der Waals surface area contributed by atoms with E-state index in [1.165, 1.54) is 43.4 Å². The van der Waals surface area contributed by atoms with Gasteiger partial charge in [0.2, 0.25) is 0 Å². The maximum atomic E-state index is 4.14. The smallest absolute Gasteiger partial charge is 0.137 e. The average Bonchev–Trinajstić information content (AvgIpc) is 2.93. The number of hydrogen-bond acceptors (Lipinski definition) is 3. The maximum absolute atomic E-state index is 4.14. The average molecular weight is 256 g/mol.